The summed E-state index contributed by atoms with van der Waals surface area (Å²) in [5.41, 5.74) is 1.16. The zero-order chi connectivity index (χ0) is 11.2. The highest BCUT2D eigenvalue weighted by atomic mass is 79.9. The summed E-state index contributed by atoms with van der Waals surface area (Å²) in [6.07, 6.45) is 3.96. The molecule has 0 radical (unpaired) electrons. The molecule has 0 atom stereocenters. The molecule has 0 N–H and O–H groups in total. The maximum absolute atomic E-state index is 5.38. The minimum atomic E-state index is 0.497. The summed E-state index contributed by atoms with van der Waals surface area (Å²) in [6.45, 7) is 0.497. The maximum atomic E-state index is 5.38. The highest BCUT2D eigenvalue weighted by Gasteiger charge is 1.99. The lowest BCUT2D eigenvalue weighted by molar-refractivity contribution is 0.358. The van der Waals surface area contributed by atoms with Gasteiger partial charge in [-0.2, -0.15) is 0 Å². The Bertz CT molecular complexity index is 470. The number of hydrogen-bond acceptors (Lipinski definition) is 4. The van der Waals surface area contributed by atoms with Crippen molar-refractivity contribution in [2.24, 2.45) is 0 Å². The van der Waals surface area contributed by atoms with Crippen LogP contribution in [0.1, 0.15) is 5.56 Å². The van der Waals surface area contributed by atoms with Crippen LogP contribution in [0.3, 0.4) is 0 Å². The molecular weight excluding hydrogens is 288 g/mol. The number of rotatable bonds is 4. The molecule has 0 unspecified atom stereocenters. The predicted molar refractivity (Wildman–Crippen MR) is 68.6 cm³/mol. The highest BCUT2D eigenvalue weighted by Crippen LogP contribution is 2.22. The van der Waals surface area contributed by atoms with Gasteiger partial charge >= 0.3 is 0 Å². The van der Waals surface area contributed by atoms with E-state index in [1.165, 1.54) is 11.3 Å². The fourth-order valence-electron chi connectivity index (χ4n) is 1.12. The van der Waals surface area contributed by atoms with Gasteiger partial charge in [-0.3, -0.25) is 0 Å². The van der Waals surface area contributed by atoms with Crippen LogP contribution >= 0.6 is 27.3 Å². The third kappa shape index (κ3) is 3.43. The second kappa shape index (κ2) is 5.77. The Kier molecular flexibility index (Phi) is 4.07. The third-order valence-electron chi connectivity index (χ3n) is 1.79. The fourth-order valence-corrected chi connectivity index (χ4v) is 2.05. The molecule has 2 aromatic rings. The van der Waals surface area contributed by atoms with Gasteiger partial charge in [0.2, 0.25) is 0 Å². The molecule has 0 saturated carbocycles. The molecule has 2 rings (SSSR count). The Hall–Kier alpha value is -1.20. The lowest BCUT2D eigenvalue weighted by atomic mass is 10.2. The van der Waals surface area contributed by atoms with Crippen LogP contribution in [0.5, 0.6) is 5.19 Å². The van der Waals surface area contributed by atoms with Gasteiger partial charge in [0.25, 0.3) is 5.19 Å². The number of halogens is 1. The second-order valence-corrected chi connectivity index (χ2v) is 5.16. The highest BCUT2D eigenvalue weighted by molar-refractivity contribution is 9.11. The van der Waals surface area contributed by atoms with Crippen molar-refractivity contribution >= 4 is 33.3 Å². The zero-order valence-electron chi connectivity index (χ0n) is 8.34. The summed E-state index contributed by atoms with van der Waals surface area (Å²) in [5.74, 6) is 0. The first-order chi connectivity index (χ1) is 7.84. The van der Waals surface area contributed by atoms with Crippen LogP contribution in [0.2, 0.25) is 0 Å². The monoisotopic (exact) mass is 296 g/mol. The van der Waals surface area contributed by atoms with E-state index in [0.29, 0.717) is 11.8 Å². The predicted octanol–water partition coefficient (Wildman–Crippen LogP) is 3.39. The largest absolute Gasteiger partial charge is 0.465 e. The van der Waals surface area contributed by atoms with Gasteiger partial charge < -0.3 is 4.74 Å². The van der Waals surface area contributed by atoms with E-state index >= 15 is 0 Å². The summed E-state index contributed by atoms with van der Waals surface area (Å²) < 4.78 is 6.11. The van der Waals surface area contributed by atoms with Gasteiger partial charge in [0, 0.05) is 0 Å². The van der Waals surface area contributed by atoms with Gasteiger partial charge in [0.15, 0.2) is 3.92 Å². The maximum Gasteiger partial charge on any atom is 0.295 e. The van der Waals surface area contributed by atoms with Crippen LogP contribution in [-0.2, 0) is 0 Å². The first kappa shape index (κ1) is 11.3. The molecule has 0 fully saturated rings. The molecule has 3 nitrogen and oxygen atoms in total. The van der Waals surface area contributed by atoms with Crippen LogP contribution in [0.4, 0.5) is 0 Å². The number of ether oxygens (including phenoxy) is 1. The Morgan fingerprint density at radius 1 is 1.25 bits per heavy atom. The normalized spacial score (nSPS) is 10.8. The van der Waals surface area contributed by atoms with E-state index in [0.717, 1.165) is 9.48 Å². The van der Waals surface area contributed by atoms with Crippen molar-refractivity contribution in [2.75, 3.05) is 6.61 Å². The van der Waals surface area contributed by atoms with Crippen molar-refractivity contribution in [3.8, 4) is 5.19 Å². The van der Waals surface area contributed by atoms with Gasteiger partial charge in [0.1, 0.15) is 6.61 Å². The van der Waals surface area contributed by atoms with E-state index in [1.54, 1.807) is 0 Å². The summed E-state index contributed by atoms with van der Waals surface area (Å²) in [5, 5.41) is 8.19. The van der Waals surface area contributed by atoms with E-state index in [9.17, 15) is 0 Å². The van der Waals surface area contributed by atoms with Crippen molar-refractivity contribution in [1.29, 1.82) is 0 Å². The Labute approximate surface area is 106 Å². The fraction of sp³-hybridized carbons (Fsp3) is 0.0909. The molecule has 1 aromatic heterocycles. The summed E-state index contributed by atoms with van der Waals surface area (Å²) >= 11 is 4.60. The molecule has 82 valence electrons. The lowest BCUT2D eigenvalue weighted by Crippen LogP contribution is -1.92. The van der Waals surface area contributed by atoms with E-state index in [-0.39, 0.29) is 0 Å². The minimum Gasteiger partial charge on any atom is -0.465 e. The molecule has 0 aliphatic carbocycles. The van der Waals surface area contributed by atoms with Crippen molar-refractivity contribution in [2.45, 2.75) is 0 Å². The topological polar surface area (TPSA) is 35.0 Å². The molecule has 5 heteroatoms. The third-order valence-corrected chi connectivity index (χ3v) is 3.06. The smallest absolute Gasteiger partial charge is 0.295 e. The molecule has 0 aliphatic heterocycles. The van der Waals surface area contributed by atoms with E-state index < -0.39 is 0 Å². The van der Waals surface area contributed by atoms with Crippen molar-refractivity contribution in [3.05, 3.63) is 45.9 Å². The Balaban J connectivity index is 1.82. The molecule has 16 heavy (non-hydrogen) atoms. The molecule has 1 aromatic carbocycles. The van der Waals surface area contributed by atoms with Crippen LogP contribution in [0.25, 0.3) is 6.08 Å². The van der Waals surface area contributed by atoms with Crippen LogP contribution in [-0.4, -0.2) is 16.8 Å². The second-order valence-electron chi connectivity index (χ2n) is 2.94. The van der Waals surface area contributed by atoms with E-state index in [2.05, 4.69) is 26.1 Å². The van der Waals surface area contributed by atoms with Crippen molar-refractivity contribution in [3.63, 3.8) is 0 Å². The van der Waals surface area contributed by atoms with Crippen molar-refractivity contribution in [1.82, 2.24) is 10.2 Å². The van der Waals surface area contributed by atoms with Crippen LogP contribution in [0.15, 0.2) is 40.3 Å². The molecule has 1 heterocycles. The molecule has 0 saturated heterocycles. The van der Waals surface area contributed by atoms with Crippen LogP contribution < -0.4 is 4.74 Å². The van der Waals surface area contributed by atoms with Gasteiger partial charge in [0.05, 0.1) is 0 Å². The summed E-state index contributed by atoms with van der Waals surface area (Å²) in [7, 11) is 0. The van der Waals surface area contributed by atoms with E-state index in [4.69, 9.17) is 4.74 Å². The summed E-state index contributed by atoms with van der Waals surface area (Å²) in [4.78, 5) is 0. The number of hydrogen-bond donors (Lipinski definition) is 0. The van der Waals surface area contributed by atoms with Gasteiger partial charge in [-0.15, -0.1) is 5.10 Å². The SMILES string of the molecule is Brc1nnc(OCC=Cc2ccccc2)s1. The zero-order valence-corrected chi connectivity index (χ0v) is 10.7. The number of benzene rings is 1. The molecule has 0 bridgehead atoms. The molecule has 0 spiro atoms. The standard InChI is InChI=1S/C11H9BrN2OS/c12-10-13-14-11(16-10)15-8-4-7-9-5-2-1-3-6-9/h1-7H,8H2. The molecule has 0 amide bonds. The average molecular weight is 297 g/mol. The Morgan fingerprint density at radius 3 is 2.75 bits per heavy atom. The lowest BCUT2D eigenvalue weighted by Gasteiger charge is -1.95. The Morgan fingerprint density at radius 2 is 2.06 bits per heavy atom. The molecule has 0 aliphatic rings. The number of nitrogens with zero attached hydrogens (tertiary/aromatic N) is 2. The van der Waals surface area contributed by atoms with E-state index in [1.807, 2.05) is 42.5 Å². The van der Waals surface area contributed by atoms with Gasteiger partial charge in [-0.1, -0.05) is 41.5 Å². The molecular formula is C11H9BrN2OS. The average Bonchev–Trinajstić information content (AvgIpc) is 2.72. The van der Waals surface area contributed by atoms with Crippen molar-refractivity contribution < 1.29 is 4.74 Å². The van der Waals surface area contributed by atoms with Crippen LogP contribution in [0, 0.1) is 0 Å². The minimum absolute atomic E-state index is 0.497. The van der Waals surface area contributed by atoms with Gasteiger partial charge in [-0.25, -0.2) is 0 Å². The number of aromatic nitrogens is 2. The first-order valence-corrected chi connectivity index (χ1v) is 6.29. The first-order valence-electron chi connectivity index (χ1n) is 4.68. The summed E-state index contributed by atoms with van der Waals surface area (Å²) in [6, 6.07) is 10.1. The van der Waals surface area contributed by atoms with Gasteiger partial charge in [-0.05, 0) is 38.9 Å². The quantitative estimate of drug-likeness (QED) is 0.867.